The summed E-state index contributed by atoms with van der Waals surface area (Å²) >= 11 is 0. The minimum Gasteiger partial charge on any atom is -0.456 e. The van der Waals surface area contributed by atoms with Crippen LogP contribution < -0.4 is 0 Å². The Balaban J connectivity index is 1.11. The molecular formula is C45H35N3O2. The van der Waals surface area contributed by atoms with Gasteiger partial charge in [0, 0.05) is 44.5 Å². The molecule has 0 spiro atoms. The van der Waals surface area contributed by atoms with Crippen LogP contribution >= 0.6 is 0 Å². The Labute approximate surface area is 291 Å². The Morgan fingerprint density at radius 1 is 0.920 bits per heavy atom. The van der Waals surface area contributed by atoms with Crippen molar-refractivity contribution in [2.75, 3.05) is 0 Å². The third kappa shape index (κ3) is 4.14. The van der Waals surface area contributed by atoms with Gasteiger partial charge < -0.3 is 13.7 Å². The van der Waals surface area contributed by atoms with Crippen LogP contribution in [0, 0.1) is 34.0 Å². The van der Waals surface area contributed by atoms with Gasteiger partial charge in [-0.15, -0.1) is 0 Å². The van der Waals surface area contributed by atoms with Crippen molar-refractivity contribution >= 4 is 45.3 Å². The second-order valence-electron chi connectivity index (χ2n) is 14.5. The van der Waals surface area contributed by atoms with Crippen LogP contribution in [0.1, 0.15) is 66.7 Å². The van der Waals surface area contributed by atoms with Gasteiger partial charge in [0.2, 0.25) is 0 Å². The minimum atomic E-state index is -0.367. The SMILES string of the molecule is CC12C=C(C3=CCCC(C#N)=C3n3c4c(c5ccccc53)C=CCC4)C=CC1OC1C=Cc3oc4ccc(C5=CC(C#N)CC=C5)cc4c3C12. The third-order valence-corrected chi connectivity index (χ3v) is 11.7. The molecule has 0 saturated carbocycles. The molecule has 242 valence electrons. The number of nitriles is 2. The first-order valence-electron chi connectivity index (χ1n) is 17.8. The zero-order chi connectivity index (χ0) is 33.6. The smallest absolute Gasteiger partial charge is 0.135 e. The van der Waals surface area contributed by atoms with Gasteiger partial charge in [-0.25, -0.2) is 0 Å². The van der Waals surface area contributed by atoms with Crippen LogP contribution in [0.15, 0.2) is 118 Å². The number of fused-ring (bicyclic) bond motifs is 10. The van der Waals surface area contributed by atoms with E-state index in [2.05, 4.69) is 133 Å². The molecular weight excluding hydrogens is 615 g/mol. The molecule has 1 fully saturated rings. The van der Waals surface area contributed by atoms with Crippen LogP contribution in [0.2, 0.25) is 0 Å². The van der Waals surface area contributed by atoms with Crippen molar-refractivity contribution in [1.82, 2.24) is 4.57 Å². The highest BCUT2D eigenvalue weighted by molar-refractivity contribution is 5.97. The van der Waals surface area contributed by atoms with Crippen molar-refractivity contribution < 1.29 is 9.15 Å². The maximum absolute atomic E-state index is 10.6. The molecule has 2 aromatic carbocycles. The van der Waals surface area contributed by atoms with Gasteiger partial charge in [0.25, 0.3) is 0 Å². The summed E-state index contributed by atoms with van der Waals surface area (Å²) in [6.07, 6.45) is 28.3. The van der Waals surface area contributed by atoms with E-state index >= 15 is 0 Å². The summed E-state index contributed by atoms with van der Waals surface area (Å²) in [5.74, 6) is 0.807. The number of rotatable bonds is 3. The van der Waals surface area contributed by atoms with Gasteiger partial charge >= 0.3 is 0 Å². The summed E-state index contributed by atoms with van der Waals surface area (Å²) in [5.41, 5.74) is 11.7. The number of allylic oxidation sites excluding steroid dienone is 11. The molecule has 2 aromatic heterocycles. The summed E-state index contributed by atoms with van der Waals surface area (Å²) in [7, 11) is 0. The normalized spacial score (nSPS) is 27.6. The highest BCUT2D eigenvalue weighted by Gasteiger charge is 2.55. The summed E-state index contributed by atoms with van der Waals surface area (Å²) in [4.78, 5) is 0. The van der Waals surface area contributed by atoms with E-state index < -0.39 is 0 Å². The van der Waals surface area contributed by atoms with E-state index in [1.165, 1.54) is 22.2 Å². The number of hydrogen-bond acceptors (Lipinski definition) is 4. The average molecular weight is 650 g/mol. The number of nitrogens with zero attached hydrogens (tertiary/aromatic N) is 3. The lowest BCUT2D eigenvalue weighted by Gasteiger charge is -2.36. The Bertz CT molecular complexity index is 2510. The molecule has 6 aliphatic rings. The Morgan fingerprint density at radius 3 is 2.74 bits per heavy atom. The molecule has 5 heteroatoms. The van der Waals surface area contributed by atoms with Crippen LogP contribution in [-0.2, 0) is 11.2 Å². The van der Waals surface area contributed by atoms with Crippen molar-refractivity contribution in [2.45, 2.75) is 57.2 Å². The van der Waals surface area contributed by atoms with E-state index in [0.29, 0.717) is 0 Å². The average Bonchev–Trinajstić information content (AvgIpc) is 3.80. The van der Waals surface area contributed by atoms with E-state index in [0.717, 1.165) is 87.9 Å². The standard InChI is InChI=1S/C45H35N3O2/c1-45-24-30(32-13-7-10-31(26-47)44(32)48-36-14-4-2-11-33(36)34-12-3-5-15-37(34)48)17-21-41(45)50-40-20-19-39-42(43(40)45)35-23-29(16-18-38(35)49-39)28-9-6-8-27(22-28)25-46/h2-4,6,9,11-14,16-24,27,40-41,43H,5,7-8,10,15H2,1H3. The minimum absolute atomic E-state index is 0.0315. The number of para-hydroxylation sites is 1. The maximum Gasteiger partial charge on any atom is 0.135 e. The lowest BCUT2D eigenvalue weighted by Crippen LogP contribution is -2.33. The lowest BCUT2D eigenvalue weighted by molar-refractivity contribution is 0.0774. The number of aromatic nitrogens is 1. The largest absolute Gasteiger partial charge is 0.456 e. The van der Waals surface area contributed by atoms with Crippen molar-refractivity contribution in [1.29, 1.82) is 10.5 Å². The molecule has 1 aliphatic heterocycles. The van der Waals surface area contributed by atoms with Gasteiger partial charge in [-0.2, -0.15) is 10.5 Å². The van der Waals surface area contributed by atoms with Gasteiger partial charge in [-0.05, 0) is 73.1 Å². The maximum atomic E-state index is 10.6. The molecule has 5 atom stereocenters. The molecule has 0 amide bonds. The van der Waals surface area contributed by atoms with Crippen molar-refractivity contribution in [3.05, 3.63) is 142 Å². The molecule has 5 aliphatic carbocycles. The predicted octanol–water partition coefficient (Wildman–Crippen LogP) is 10.4. The summed E-state index contributed by atoms with van der Waals surface area (Å²) < 4.78 is 15.7. The molecule has 3 heterocycles. The summed E-state index contributed by atoms with van der Waals surface area (Å²) in [6.45, 7) is 2.33. The second-order valence-corrected chi connectivity index (χ2v) is 14.5. The number of ether oxygens (including phenoxy) is 1. The number of benzene rings is 2. The molecule has 0 radical (unpaired) electrons. The quantitative estimate of drug-likeness (QED) is 0.221. The Kier molecular flexibility index (Phi) is 6.41. The fourth-order valence-electron chi connectivity index (χ4n) is 9.41. The first kappa shape index (κ1) is 29.3. The molecule has 0 N–H and O–H groups in total. The zero-order valence-corrected chi connectivity index (χ0v) is 27.9. The van der Waals surface area contributed by atoms with Gasteiger partial charge in [0.15, 0.2) is 0 Å². The molecule has 1 saturated heterocycles. The Morgan fingerprint density at radius 2 is 1.84 bits per heavy atom. The van der Waals surface area contributed by atoms with E-state index in [4.69, 9.17) is 9.15 Å². The van der Waals surface area contributed by atoms with E-state index in [9.17, 15) is 10.5 Å². The first-order chi connectivity index (χ1) is 24.6. The molecule has 4 aromatic rings. The van der Waals surface area contributed by atoms with Crippen molar-refractivity contribution in [3.63, 3.8) is 0 Å². The molecule has 10 rings (SSSR count). The summed E-state index contributed by atoms with van der Waals surface area (Å²) in [5, 5.41) is 22.5. The molecule has 5 unspecified atom stereocenters. The van der Waals surface area contributed by atoms with E-state index in [1.54, 1.807) is 0 Å². The topological polar surface area (TPSA) is 74.9 Å². The van der Waals surface area contributed by atoms with Crippen molar-refractivity contribution in [2.24, 2.45) is 11.3 Å². The van der Waals surface area contributed by atoms with Gasteiger partial charge in [-0.3, -0.25) is 0 Å². The fraction of sp³-hybridized carbons (Fsp3) is 0.244. The fourth-order valence-corrected chi connectivity index (χ4v) is 9.41. The van der Waals surface area contributed by atoms with Crippen LogP contribution in [0.25, 0.3) is 45.3 Å². The highest BCUT2D eigenvalue weighted by Crippen LogP contribution is 2.58. The predicted molar refractivity (Wildman–Crippen MR) is 198 cm³/mol. The zero-order valence-electron chi connectivity index (χ0n) is 27.9. The van der Waals surface area contributed by atoms with E-state index in [-0.39, 0.29) is 29.5 Å². The van der Waals surface area contributed by atoms with Crippen molar-refractivity contribution in [3.8, 4) is 12.1 Å². The molecule has 0 bridgehead atoms. The molecule has 5 nitrogen and oxygen atoms in total. The van der Waals surface area contributed by atoms with Gasteiger partial charge in [0.1, 0.15) is 11.3 Å². The Hall–Kier alpha value is -5.62. The third-order valence-electron chi connectivity index (χ3n) is 11.7. The van der Waals surface area contributed by atoms with Gasteiger partial charge in [-0.1, -0.05) is 91.9 Å². The first-order valence-corrected chi connectivity index (χ1v) is 17.8. The number of hydrogen-bond donors (Lipinski definition) is 0. The number of furan rings is 1. The van der Waals surface area contributed by atoms with Crippen LogP contribution in [0.5, 0.6) is 0 Å². The summed E-state index contributed by atoms with van der Waals surface area (Å²) in [6, 6.07) is 20.1. The molecule has 50 heavy (non-hydrogen) atoms. The van der Waals surface area contributed by atoms with E-state index in [1.807, 2.05) is 0 Å². The van der Waals surface area contributed by atoms with Crippen LogP contribution in [0.3, 0.4) is 0 Å². The lowest BCUT2D eigenvalue weighted by atomic mass is 9.65. The van der Waals surface area contributed by atoms with Crippen LogP contribution in [-0.4, -0.2) is 16.8 Å². The van der Waals surface area contributed by atoms with Gasteiger partial charge in [0.05, 0.1) is 47.1 Å². The second kappa shape index (κ2) is 10.9. The highest BCUT2D eigenvalue weighted by atomic mass is 16.5. The van der Waals surface area contributed by atoms with Crippen LogP contribution in [0.4, 0.5) is 0 Å². The monoisotopic (exact) mass is 649 g/mol.